The van der Waals surface area contributed by atoms with Crippen LogP contribution in [0.25, 0.3) is 0 Å². The summed E-state index contributed by atoms with van der Waals surface area (Å²) in [5.41, 5.74) is 1.03. The average molecular weight is 265 g/mol. The van der Waals surface area contributed by atoms with Gasteiger partial charge in [0.05, 0.1) is 16.1 Å². The normalized spacial score (nSPS) is 10.2. The highest BCUT2D eigenvalue weighted by atomic mass is 32.2. The molecule has 2 aromatic heterocycles. The molecule has 0 aliphatic carbocycles. The topological polar surface area (TPSA) is 54.9 Å². The van der Waals surface area contributed by atoms with Gasteiger partial charge in [0.1, 0.15) is 0 Å². The van der Waals surface area contributed by atoms with E-state index in [0.717, 1.165) is 15.7 Å². The van der Waals surface area contributed by atoms with Crippen molar-refractivity contribution in [1.82, 2.24) is 9.97 Å². The minimum absolute atomic E-state index is 0.0966. The van der Waals surface area contributed by atoms with Crippen LogP contribution in [0.2, 0.25) is 0 Å². The lowest BCUT2D eigenvalue weighted by molar-refractivity contribution is -0.114. The number of aromatic nitrogens is 2. The predicted octanol–water partition coefficient (Wildman–Crippen LogP) is 2.79. The summed E-state index contributed by atoms with van der Waals surface area (Å²) in [5.74, 6) is 0.711. The number of amides is 1. The van der Waals surface area contributed by atoms with E-state index in [-0.39, 0.29) is 5.91 Å². The molecule has 2 rings (SSSR count). The Bertz CT molecular complexity index is 498. The van der Waals surface area contributed by atoms with Crippen LogP contribution in [0.1, 0.15) is 12.6 Å². The third-order valence-corrected chi connectivity index (χ3v) is 4.00. The maximum absolute atomic E-state index is 10.8. The average Bonchev–Trinajstić information content (AvgIpc) is 2.75. The van der Waals surface area contributed by atoms with Crippen LogP contribution < -0.4 is 5.32 Å². The lowest BCUT2D eigenvalue weighted by Crippen LogP contribution is -2.04. The second-order valence-corrected chi connectivity index (χ2v) is 5.58. The molecule has 0 spiro atoms. The van der Waals surface area contributed by atoms with E-state index in [2.05, 4.69) is 15.3 Å². The summed E-state index contributed by atoms with van der Waals surface area (Å²) in [6.45, 7) is 1.47. The molecule has 0 aliphatic heterocycles. The Morgan fingerprint density at radius 2 is 2.35 bits per heavy atom. The maximum Gasteiger partial charge on any atom is 0.223 e. The second-order valence-electron chi connectivity index (χ2n) is 3.28. The van der Waals surface area contributed by atoms with Gasteiger partial charge in [0, 0.05) is 18.9 Å². The SMILES string of the molecule is CC(=O)Nc1ncc(SCc2ccccn2)s1. The third-order valence-electron chi connectivity index (χ3n) is 1.86. The molecule has 17 heavy (non-hydrogen) atoms. The third kappa shape index (κ3) is 3.83. The van der Waals surface area contributed by atoms with Gasteiger partial charge in [0.25, 0.3) is 0 Å². The van der Waals surface area contributed by atoms with Crippen LogP contribution in [-0.4, -0.2) is 15.9 Å². The van der Waals surface area contributed by atoms with E-state index in [9.17, 15) is 4.79 Å². The highest BCUT2D eigenvalue weighted by Gasteiger charge is 2.04. The number of pyridine rings is 1. The van der Waals surface area contributed by atoms with E-state index in [4.69, 9.17) is 0 Å². The number of anilines is 1. The first-order chi connectivity index (χ1) is 8.24. The number of hydrogen-bond donors (Lipinski definition) is 1. The van der Waals surface area contributed by atoms with Gasteiger partial charge in [0.2, 0.25) is 5.91 Å². The molecule has 0 saturated carbocycles. The molecule has 0 bridgehead atoms. The Labute approximate surface area is 107 Å². The molecular formula is C11H11N3OS2. The molecule has 1 amide bonds. The highest BCUT2D eigenvalue weighted by molar-refractivity contribution is 8.00. The molecule has 6 heteroatoms. The van der Waals surface area contributed by atoms with Gasteiger partial charge in [-0.05, 0) is 12.1 Å². The van der Waals surface area contributed by atoms with Gasteiger partial charge in [-0.15, -0.1) is 11.8 Å². The molecule has 2 heterocycles. The number of hydrogen-bond acceptors (Lipinski definition) is 5. The van der Waals surface area contributed by atoms with Crippen molar-refractivity contribution in [3.8, 4) is 0 Å². The smallest absolute Gasteiger partial charge is 0.223 e. The van der Waals surface area contributed by atoms with Crippen LogP contribution in [-0.2, 0) is 10.5 Å². The summed E-state index contributed by atoms with van der Waals surface area (Å²) in [6, 6.07) is 5.86. The van der Waals surface area contributed by atoms with E-state index >= 15 is 0 Å². The standard InChI is InChI=1S/C11H11N3OS2/c1-8(15)14-11-13-6-10(17-11)16-7-9-4-2-3-5-12-9/h2-6H,7H2,1H3,(H,13,14,15). The number of nitrogens with zero attached hydrogens (tertiary/aromatic N) is 2. The summed E-state index contributed by atoms with van der Waals surface area (Å²) >= 11 is 3.14. The van der Waals surface area contributed by atoms with Gasteiger partial charge in [-0.3, -0.25) is 9.78 Å². The zero-order chi connectivity index (χ0) is 12.1. The Morgan fingerprint density at radius 1 is 1.47 bits per heavy atom. The van der Waals surface area contributed by atoms with Gasteiger partial charge in [-0.2, -0.15) is 0 Å². The molecule has 2 aromatic rings. The van der Waals surface area contributed by atoms with Crippen molar-refractivity contribution >= 4 is 34.1 Å². The summed E-state index contributed by atoms with van der Waals surface area (Å²) in [6.07, 6.45) is 3.55. The molecule has 0 radical (unpaired) electrons. The molecule has 0 aromatic carbocycles. The Morgan fingerprint density at radius 3 is 3.06 bits per heavy atom. The number of thioether (sulfide) groups is 1. The molecule has 0 saturated heterocycles. The van der Waals surface area contributed by atoms with Crippen LogP contribution in [0.4, 0.5) is 5.13 Å². The predicted molar refractivity (Wildman–Crippen MR) is 70.2 cm³/mol. The van der Waals surface area contributed by atoms with Crippen molar-refractivity contribution in [2.24, 2.45) is 0 Å². The second kappa shape index (κ2) is 5.79. The molecule has 0 unspecified atom stereocenters. The van der Waals surface area contributed by atoms with E-state index in [1.165, 1.54) is 18.3 Å². The fourth-order valence-electron chi connectivity index (χ4n) is 1.16. The number of nitrogens with one attached hydrogen (secondary N) is 1. The van der Waals surface area contributed by atoms with Gasteiger partial charge < -0.3 is 5.32 Å². The summed E-state index contributed by atoms with van der Waals surface area (Å²) in [7, 11) is 0. The van der Waals surface area contributed by atoms with Gasteiger partial charge in [-0.1, -0.05) is 17.4 Å². The van der Waals surface area contributed by atoms with Crippen molar-refractivity contribution in [3.63, 3.8) is 0 Å². The van der Waals surface area contributed by atoms with Gasteiger partial charge in [-0.25, -0.2) is 4.98 Å². The van der Waals surface area contributed by atoms with Crippen molar-refractivity contribution in [1.29, 1.82) is 0 Å². The molecule has 0 fully saturated rings. The lowest BCUT2D eigenvalue weighted by Gasteiger charge is -1.97. The number of thiazole rings is 1. The van der Waals surface area contributed by atoms with Gasteiger partial charge >= 0.3 is 0 Å². The first-order valence-electron chi connectivity index (χ1n) is 5.00. The first kappa shape index (κ1) is 12.1. The minimum Gasteiger partial charge on any atom is -0.302 e. The van der Waals surface area contributed by atoms with E-state index < -0.39 is 0 Å². The minimum atomic E-state index is -0.0966. The molecule has 0 aliphatic rings. The lowest BCUT2D eigenvalue weighted by atomic mass is 10.4. The van der Waals surface area contributed by atoms with Crippen molar-refractivity contribution in [2.75, 3.05) is 5.32 Å². The molecule has 88 valence electrons. The van der Waals surface area contributed by atoms with Crippen LogP contribution in [0.5, 0.6) is 0 Å². The highest BCUT2D eigenvalue weighted by Crippen LogP contribution is 2.30. The Hall–Kier alpha value is -1.40. The molecule has 4 nitrogen and oxygen atoms in total. The summed E-state index contributed by atoms with van der Waals surface area (Å²) < 4.78 is 1.07. The van der Waals surface area contributed by atoms with Crippen LogP contribution in [0, 0.1) is 0 Å². The Balaban J connectivity index is 1.91. The largest absolute Gasteiger partial charge is 0.302 e. The molecular weight excluding hydrogens is 254 g/mol. The fourth-order valence-corrected chi connectivity index (χ4v) is 3.00. The molecule has 0 atom stereocenters. The number of carbonyl (C=O) groups is 1. The molecule has 1 N–H and O–H groups in total. The summed E-state index contributed by atoms with van der Waals surface area (Å²) in [5, 5.41) is 3.30. The van der Waals surface area contributed by atoms with Crippen molar-refractivity contribution in [3.05, 3.63) is 36.3 Å². The number of rotatable bonds is 4. The fraction of sp³-hybridized carbons (Fsp3) is 0.182. The van der Waals surface area contributed by atoms with Crippen molar-refractivity contribution in [2.45, 2.75) is 16.9 Å². The monoisotopic (exact) mass is 265 g/mol. The quantitative estimate of drug-likeness (QED) is 0.864. The van der Waals surface area contributed by atoms with Crippen LogP contribution >= 0.6 is 23.1 Å². The maximum atomic E-state index is 10.8. The first-order valence-corrected chi connectivity index (χ1v) is 6.80. The van der Waals surface area contributed by atoms with Crippen LogP contribution in [0.3, 0.4) is 0 Å². The Kier molecular flexibility index (Phi) is 4.11. The zero-order valence-corrected chi connectivity index (χ0v) is 10.8. The zero-order valence-electron chi connectivity index (χ0n) is 9.21. The van der Waals surface area contributed by atoms with E-state index in [1.807, 2.05) is 18.2 Å². The van der Waals surface area contributed by atoms with E-state index in [1.54, 1.807) is 24.2 Å². The number of carbonyl (C=O) groups excluding carboxylic acids is 1. The van der Waals surface area contributed by atoms with Crippen molar-refractivity contribution < 1.29 is 4.79 Å². The van der Waals surface area contributed by atoms with E-state index in [0.29, 0.717) is 5.13 Å². The van der Waals surface area contributed by atoms with Crippen LogP contribution in [0.15, 0.2) is 34.8 Å². The van der Waals surface area contributed by atoms with Gasteiger partial charge in [0.15, 0.2) is 5.13 Å². The summed E-state index contributed by atoms with van der Waals surface area (Å²) in [4.78, 5) is 19.2.